The highest BCUT2D eigenvalue weighted by molar-refractivity contribution is 5.77. The molecule has 204 valence electrons. The molecule has 3 aliphatic rings. The molecule has 0 N–H and O–H groups in total. The van der Waals surface area contributed by atoms with Crippen LogP contribution in [0.25, 0.3) is 11.1 Å². The van der Waals surface area contributed by atoms with Gasteiger partial charge in [0.25, 0.3) is 0 Å². The number of benzene rings is 3. The highest BCUT2D eigenvalue weighted by atomic mass is 19.1. The van der Waals surface area contributed by atoms with Crippen LogP contribution in [0.2, 0.25) is 0 Å². The van der Waals surface area contributed by atoms with E-state index < -0.39 is 0 Å². The number of ether oxygens (including phenoxy) is 2. The van der Waals surface area contributed by atoms with Gasteiger partial charge in [0.1, 0.15) is 18.2 Å². The Morgan fingerprint density at radius 1 is 0.974 bits per heavy atom. The number of hydrogen-bond donors (Lipinski definition) is 0. The number of halogens is 1. The molecule has 0 bridgehead atoms. The van der Waals surface area contributed by atoms with Crippen LogP contribution >= 0.6 is 0 Å². The summed E-state index contributed by atoms with van der Waals surface area (Å²) >= 11 is 0. The van der Waals surface area contributed by atoms with Gasteiger partial charge in [-0.25, -0.2) is 4.39 Å². The van der Waals surface area contributed by atoms with Crippen molar-refractivity contribution < 1.29 is 18.7 Å². The fourth-order valence-electron chi connectivity index (χ4n) is 7.71. The van der Waals surface area contributed by atoms with Crippen molar-refractivity contribution >= 4 is 5.97 Å². The number of rotatable bonds is 6. The summed E-state index contributed by atoms with van der Waals surface area (Å²) in [5.41, 5.74) is 7.73. The minimum absolute atomic E-state index is 0.0501. The molecular weight excluding hydrogens is 487 g/mol. The third-order valence-corrected chi connectivity index (χ3v) is 10.1. The van der Waals surface area contributed by atoms with E-state index in [2.05, 4.69) is 50.2 Å². The summed E-state index contributed by atoms with van der Waals surface area (Å²) in [5.74, 6) is 0.900. The number of carbonyl (C=O) groups is 1. The molecular formula is C35H39FO3. The van der Waals surface area contributed by atoms with E-state index in [4.69, 9.17) is 9.47 Å². The van der Waals surface area contributed by atoms with Gasteiger partial charge in [-0.15, -0.1) is 0 Å². The molecule has 3 aliphatic carbocycles. The Hall–Kier alpha value is -3.14. The third kappa shape index (κ3) is 4.46. The Balaban J connectivity index is 1.29. The van der Waals surface area contributed by atoms with Gasteiger partial charge in [-0.3, -0.25) is 4.79 Å². The minimum atomic E-state index is -0.171. The molecule has 0 radical (unpaired) electrons. The van der Waals surface area contributed by atoms with Gasteiger partial charge < -0.3 is 9.47 Å². The van der Waals surface area contributed by atoms with Crippen LogP contribution in [-0.4, -0.2) is 13.1 Å². The summed E-state index contributed by atoms with van der Waals surface area (Å²) in [6.07, 6.45) is 7.41. The van der Waals surface area contributed by atoms with Crippen molar-refractivity contribution in [3.05, 3.63) is 88.2 Å². The van der Waals surface area contributed by atoms with Gasteiger partial charge in [-0.05, 0) is 109 Å². The van der Waals surface area contributed by atoms with Crippen LogP contribution in [0.4, 0.5) is 4.39 Å². The third-order valence-electron chi connectivity index (χ3n) is 10.1. The van der Waals surface area contributed by atoms with Crippen LogP contribution < -0.4 is 4.74 Å². The van der Waals surface area contributed by atoms with Gasteiger partial charge in [0, 0.05) is 11.0 Å². The minimum Gasteiger partial charge on any atom is -0.489 e. The lowest BCUT2D eigenvalue weighted by Crippen LogP contribution is -2.47. The molecule has 0 unspecified atom stereocenters. The van der Waals surface area contributed by atoms with E-state index in [0.29, 0.717) is 18.1 Å². The Bertz CT molecular complexity index is 1420. The number of methoxy groups -OCH3 is 1. The van der Waals surface area contributed by atoms with Gasteiger partial charge in [0.15, 0.2) is 0 Å². The highest BCUT2D eigenvalue weighted by Gasteiger charge is 2.55. The lowest BCUT2D eigenvalue weighted by atomic mass is 9.57. The lowest BCUT2D eigenvalue weighted by molar-refractivity contribution is -0.153. The summed E-state index contributed by atoms with van der Waals surface area (Å²) in [6, 6.07) is 18.2. The largest absolute Gasteiger partial charge is 0.489 e. The quantitative estimate of drug-likeness (QED) is 0.302. The summed E-state index contributed by atoms with van der Waals surface area (Å²) in [6.45, 7) is 7.14. The molecule has 0 amide bonds. The van der Waals surface area contributed by atoms with E-state index >= 15 is 4.39 Å². The smallest absolute Gasteiger partial charge is 0.309 e. The van der Waals surface area contributed by atoms with Crippen LogP contribution in [0, 0.1) is 24.1 Å². The fraction of sp³-hybridized carbons (Fsp3) is 0.457. The summed E-state index contributed by atoms with van der Waals surface area (Å²) in [4.78, 5) is 12.4. The molecule has 1 spiro atoms. The number of hydrogen-bond acceptors (Lipinski definition) is 3. The predicted molar refractivity (Wildman–Crippen MR) is 152 cm³/mol. The van der Waals surface area contributed by atoms with E-state index in [9.17, 15) is 4.79 Å². The van der Waals surface area contributed by atoms with E-state index in [1.165, 1.54) is 36.6 Å². The first kappa shape index (κ1) is 26.1. The highest BCUT2D eigenvalue weighted by Crippen LogP contribution is 2.57. The molecule has 6 rings (SSSR count). The lowest BCUT2D eigenvalue weighted by Gasteiger charge is -2.46. The molecule has 3 aromatic rings. The number of carbonyl (C=O) groups excluding carboxylic acids is 1. The van der Waals surface area contributed by atoms with Crippen molar-refractivity contribution in [1.82, 2.24) is 0 Å². The molecule has 0 heterocycles. The van der Waals surface area contributed by atoms with Crippen molar-refractivity contribution in [1.29, 1.82) is 0 Å². The van der Waals surface area contributed by atoms with Crippen LogP contribution in [0.1, 0.15) is 86.1 Å². The zero-order valence-electron chi connectivity index (χ0n) is 23.6. The number of fused-ring (bicyclic) bond motifs is 2. The van der Waals surface area contributed by atoms with E-state index in [0.717, 1.165) is 54.5 Å². The second-order valence-corrected chi connectivity index (χ2v) is 12.7. The van der Waals surface area contributed by atoms with Crippen LogP contribution in [0.3, 0.4) is 0 Å². The molecule has 3 atom stereocenters. The van der Waals surface area contributed by atoms with Crippen LogP contribution in [0.15, 0.2) is 54.6 Å². The molecule has 3 nitrogen and oxygen atoms in total. The Morgan fingerprint density at radius 3 is 2.54 bits per heavy atom. The first-order valence-corrected chi connectivity index (χ1v) is 14.5. The molecule has 2 fully saturated rings. The van der Waals surface area contributed by atoms with Crippen molar-refractivity contribution in [2.24, 2.45) is 11.3 Å². The topological polar surface area (TPSA) is 35.5 Å². The van der Waals surface area contributed by atoms with Gasteiger partial charge in [-0.1, -0.05) is 56.2 Å². The Morgan fingerprint density at radius 2 is 1.82 bits per heavy atom. The Labute approximate surface area is 231 Å². The monoisotopic (exact) mass is 526 g/mol. The Kier molecular flexibility index (Phi) is 6.56. The van der Waals surface area contributed by atoms with Crippen molar-refractivity contribution in [2.75, 3.05) is 7.11 Å². The SMILES string of the molecule is COC(=O)[C@@H]1CC[C@@]12CCc1ccc(OCc3ccc(-c4cc(C)ccc4F)c([C@@H]4CCCC4(C)C)c3)cc12. The van der Waals surface area contributed by atoms with E-state index in [1.807, 2.05) is 19.1 Å². The first-order chi connectivity index (χ1) is 18.7. The molecule has 4 heteroatoms. The van der Waals surface area contributed by atoms with Gasteiger partial charge in [-0.2, -0.15) is 0 Å². The number of aryl methyl sites for hydroxylation is 2. The normalized spacial score (nSPS) is 24.8. The molecule has 0 aromatic heterocycles. The van der Waals surface area contributed by atoms with Crippen molar-refractivity contribution in [3.8, 4) is 16.9 Å². The molecule has 3 aromatic carbocycles. The molecule has 0 saturated heterocycles. The molecule has 2 saturated carbocycles. The second-order valence-electron chi connectivity index (χ2n) is 12.7. The van der Waals surface area contributed by atoms with Gasteiger partial charge in [0.2, 0.25) is 0 Å². The maximum atomic E-state index is 15.0. The van der Waals surface area contributed by atoms with Crippen molar-refractivity contribution in [3.63, 3.8) is 0 Å². The summed E-state index contributed by atoms with van der Waals surface area (Å²) < 4.78 is 26.5. The maximum Gasteiger partial charge on any atom is 0.309 e. The molecule has 39 heavy (non-hydrogen) atoms. The second kappa shape index (κ2) is 9.80. The maximum absolute atomic E-state index is 15.0. The summed E-state index contributed by atoms with van der Waals surface area (Å²) in [5, 5.41) is 0. The zero-order valence-corrected chi connectivity index (χ0v) is 23.6. The zero-order chi connectivity index (χ0) is 27.4. The van der Waals surface area contributed by atoms with Crippen LogP contribution in [0.5, 0.6) is 5.75 Å². The van der Waals surface area contributed by atoms with Gasteiger partial charge >= 0.3 is 5.97 Å². The standard InChI is InChI=1S/C35H39FO3/c1-22-7-12-32(36)28(18-22)26-11-8-23(19-27(26)29-6-5-15-34(29,2)3)21-39-25-10-9-24-13-16-35(31(24)20-25)17-14-30(35)33(37)38-4/h7-12,18-20,29-30H,5-6,13-17,21H2,1-4H3/t29-,30-,35-/m0/s1. The van der Waals surface area contributed by atoms with Crippen LogP contribution in [-0.2, 0) is 28.0 Å². The summed E-state index contributed by atoms with van der Waals surface area (Å²) in [7, 11) is 1.49. The first-order valence-electron chi connectivity index (χ1n) is 14.5. The van der Waals surface area contributed by atoms with E-state index in [-0.39, 0.29) is 28.5 Å². The average molecular weight is 527 g/mol. The average Bonchev–Trinajstić information content (AvgIpc) is 3.48. The van der Waals surface area contributed by atoms with Gasteiger partial charge in [0.05, 0.1) is 13.0 Å². The molecule has 0 aliphatic heterocycles. The predicted octanol–water partition coefficient (Wildman–Crippen LogP) is 8.44. The van der Waals surface area contributed by atoms with E-state index in [1.54, 1.807) is 6.07 Å². The fourth-order valence-corrected chi connectivity index (χ4v) is 7.71. The number of esters is 1. The van der Waals surface area contributed by atoms with Crippen molar-refractivity contribution in [2.45, 2.75) is 83.7 Å².